The number of carbonyl (C=O) groups excluding carboxylic acids is 1. The van der Waals surface area contributed by atoms with Gasteiger partial charge >= 0.3 is 0 Å². The van der Waals surface area contributed by atoms with Crippen LogP contribution in [0.25, 0.3) is 0 Å². The average molecular weight is 145 g/mol. The van der Waals surface area contributed by atoms with Crippen molar-refractivity contribution >= 4 is 17.9 Å². The largest absolute Gasteiger partial charge is 0.324 e. The Labute approximate surface area is 60.7 Å². The normalized spacial score (nSPS) is 10.0. The maximum absolute atomic E-state index is 10.1. The molecule has 0 radical (unpaired) electrons. The van der Waals surface area contributed by atoms with Crippen molar-refractivity contribution < 1.29 is 4.79 Å². The van der Waals surface area contributed by atoms with E-state index in [0.717, 1.165) is 12.8 Å². The van der Waals surface area contributed by atoms with E-state index in [9.17, 15) is 4.79 Å². The molecule has 0 heterocycles. The van der Waals surface area contributed by atoms with Crippen molar-refractivity contribution in [3.05, 3.63) is 12.3 Å². The number of carbonyl (C=O) groups is 1. The zero-order valence-electron chi connectivity index (χ0n) is 5.42. The number of allylic oxidation sites excluding steroid dienone is 1. The predicted molar refractivity (Wildman–Crippen MR) is 41.6 cm³/mol. The number of amides is 1. The molecule has 0 aromatic heterocycles. The number of rotatable bonds is 3. The third kappa shape index (κ3) is 7.56. The van der Waals surface area contributed by atoms with Crippen LogP contribution in [0.5, 0.6) is 0 Å². The zero-order valence-corrected chi connectivity index (χ0v) is 6.32. The van der Waals surface area contributed by atoms with Crippen molar-refractivity contribution in [3.63, 3.8) is 0 Å². The maximum atomic E-state index is 10.1. The first-order chi connectivity index (χ1) is 4.27. The zero-order chi connectivity index (χ0) is 7.11. The third-order valence-electron chi connectivity index (χ3n) is 0.780. The lowest BCUT2D eigenvalue weighted by molar-refractivity contribution is 0.263. The minimum absolute atomic E-state index is 0.317. The summed E-state index contributed by atoms with van der Waals surface area (Å²) in [5.41, 5.74) is 0. The van der Waals surface area contributed by atoms with E-state index in [1.165, 1.54) is 0 Å². The molecule has 0 saturated heterocycles. The van der Waals surface area contributed by atoms with Crippen molar-refractivity contribution in [3.8, 4) is 0 Å². The van der Waals surface area contributed by atoms with Gasteiger partial charge < -0.3 is 5.32 Å². The van der Waals surface area contributed by atoms with Crippen molar-refractivity contribution in [1.82, 2.24) is 5.32 Å². The molecule has 0 aliphatic carbocycles. The predicted octanol–water partition coefficient (Wildman–Crippen LogP) is 1.94. The molecule has 0 rings (SSSR count). The molecule has 9 heavy (non-hydrogen) atoms. The molecule has 0 saturated carbocycles. The molecule has 0 bridgehead atoms. The smallest absolute Gasteiger partial charge is 0.279 e. The van der Waals surface area contributed by atoms with E-state index in [2.05, 4.69) is 24.9 Å². The number of hydrogen-bond donors (Lipinski definition) is 2. The second-order valence-electron chi connectivity index (χ2n) is 1.64. The van der Waals surface area contributed by atoms with Gasteiger partial charge in [0.05, 0.1) is 0 Å². The minimum Gasteiger partial charge on any atom is -0.324 e. The molecule has 0 unspecified atom stereocenters. The van der Waals surface area contributed by atoms with Gasteiger partial charge in [-0.2, -0.15) is 0 Å². The first kappa shape index (κ1) is 8.56. The molecule has 2 nitrogen and oxygen atoms in total. The van der Waals surface area contributed by atoms with E-state index in [1.807, 2.05) is 6.08 Å². The molecule has 1 N–H and O–H groups in total. The summed E-state index contributed by atoms with van der Waals surface area (Å²) in [5, 5.41) is 2.11. The maximum Gasteiger partial charge on any atom is 0.279 e. The fourth-order valence-corrected chi connectivity index (χ4v) is 0.455. The van der Waals surface area contributed by atoms with Crippen LogP contribution in [0.2, 0.25) is 0 Å². The van der Waals surface area contributed by atoms with Crippen molar-refractivity contribution in [2.75, 3.05) is 0 Å². The number of hydrogen-bond acceptors (Lipinski definition) is 1. The number of thiol groups is 1. The Morgan fingerprint density at radius 3 is 2.89 bits per heavy atom. The Bertz CT molecular complexity index is 112. The van der Waals surface area contributed by atoms with Gasteiger partial charge in [-0.05, 0) is 6.42 Å². The molecule has 0 aliphatic rings. The van der Waals surface area contributed by atoms with Gasteiger partial charge in [-0.3, -0.25) is 4.79 Å². The Hall–Kier alpha value is -0.440. The minimum atomic E-state index is -0.317. The monoisotopic (exact) mass is 145 g/mol. The highest BCUT2D eigenvalue weighted by Crippen LogP contribution is 1.86. The van der Waals surface area contributed by atoms with Crippen molar-refractivity contribution in [2.24, 2.45) is 0 Å². The Kier molecular flexibility index (Phi) is 5.41. The van der Waals surface area contributed by atoms with E-state index in [0.29, 0.717) is 0 Å². The Balaban J connectivity index is 3.14. The van der Waals surface area contributed by atoms with Gasteiger partial charge in [0.25, 0.3) is 5.24 Å². The lowest BCUT2D eigenvalue weighted by Crippen LogP contribution is -2.06. The summed E-state index contributed by atoms with van der Waals surface area (Å²) in [6.45, 7) is 2.08. The second kappa shape index (κ2) is 5.69. The summed E-state index contributed by atoms with van der Waals surface area (Å²) in [4.78, 5) is 10.1. The molecular formula is C6H11NOS. The van der Waals surface area contributed by atoms with Crippen molar-refractivity contribution in [1.29, 1.82) is 0 Å². The fraction of sp³-hybridized carbons (Fsp3) is 0.500. The molecule has 3 heteroatoms. The van der Waals surface area contributed by atoms with Crippen LogP contribution in [0.1, 0.15) is 19.8 Å². The molecule has 0 aliphatic heterocycles. The molecular weight excluding hydrogens is 134 g/mol. The summed E-state index contributed by atoms with van der Waals surface area (Å²) in [6, 6.07) is 0. The quantitative estimate of drug-likeness (QED) is 0.584. The summed E-state index contributed by atoms with van der Waals surface area (Å²) in [6.07, 6.45) is 5.60. The highest BCUT2D eigenvalue weighted by atomic mass is 32.1. The van der Waals surface area contributed by atoms with Gasteiger partial charge in [-0.25, -0.2) is 0 Å². The lowest BCUT2D eigenvalue weighted by atomic mass is 10.3. The molecule has 0 aromatic rings. The van der Waals surface area contributed by atoms with Crippen LogP contribution in [0.3, 0.4) is 0 Å². The van der Waals surface area contributed by atoms with Crippen LogP contribution in [0.4, 0.5) is 4.79 Å². The highest BCUT2D eigenvalue weighted by Gasteiger charge is 1.81. The van der Waals surface area contributed by atoms with Gasteiger partial charge in [0.2, 0.25) is 0 Å². The van der Waals surface area contributed by atoms with Gasteiger partial charge in [0, 0.05) is 6.20 Å². The molecule has 52 valence electrons. The Morgan fingerprint density at radius 1 is 1.78 bits per heavy atom. The van der Waals surface area contributed by atoms with Crippen molar-refractivity contribution in [2.45, 2.75) is 19.8 Å². The van der Waals surface area contributed by atoms with E-state index in [4.69, 9.17) is 0 Å². The molecule has 0 aromatic carbocycles. The molecule has 1 amide bonds. The first-order valence-corrected chi connectivity index (χ1v) is 3.36. The average Bonchev–Trinajstić information content (AvgIpc) is 1.80. The van der Waals surface area contributed by atoms with E-state index in [1.54, 1.807) is 6.20 Å². The van der Waals surface area contributed by atoms with E-state index in [-0.39, 0.29) is 5.24 Å². The summed E-state index contributed by atoms with van der Waals surface area (Å²) in [7, 11) is 0. The van der Waals surface area contributed by atoms with Crippen LogP contribution in [-0.4, -0.2) is 5.24 Å². The van der Waals surface area contributed by atoms with Gasteiger partial charge in [-0.15, -0.1) is 0 Å². The highest BCUT2D eigenvalue weighted by molar-refractivity contribution is 7.96. The SMILES string of the molecule is CCCC=CNC(=O)S. The number of nitrogens with one attached hydrogen (secondary N) is 1. The summed E-state index contributed by atoms with van der Waals surface area (Å²) in [5.74, 6) is 0. The molecule has 0 atom stereocenters. The second-order valence-corrected chi connectivity index (χ2v) is 2.05. The fourth-order valence-electron chi connectivity index (χ4n) is 0.380. The van der Waals surface area contributed by atoms with Crippen LogP contribution in [0.15, 0.2) is 12.3 Å². The summed E-state index contributed by atoms with van der Waals surface area (Å²) >= 11 is 3.50. The molecule has 0 spiro atoms. The van der Waals surface area contributed by atoms with Gasteiger partial charge in [0.15, 0.2) is 0 Å². The van der Waals surface area contributed by atoms with E-state index >= 15 is 0 Å². The number of unbranched alkanes of at least 4 members (excludes halogenated alkanes) is 1. The van der Waals surface area contributed by atoms with Crippen LogP contribution >= 0.6 is 12.6 Å². The topological polar surface area (TPSA) is 29.1 Å². The van der Waals surface area contributed by atoms with E-state index < -0.39 is 0 Å². The van der Waals surface area contributed by atoms with Crippen LogP contribution < -0.4 is 5.32 Å². The van der Waals surface area contributed by atoms with Gasteiger partial charge in [0.1, 0.15) is 0 Å². The van der Waals surface area contributed by atoms with Crippen LogP contribution in [-0.2, 0) is 0 Å². The standard InChI is InChI=1S/C6H11NOS/c1-2-3-4-5-7-6(8)9/h4-5H,2-3H2,1H3,(H2,7,8,9). The third-order valence-corrected chi connectivity index (χ3v) is 0.909. The van der Waals surface area contributed by atoms with Gasteiger partial charge in [-0.1, -0.05) is 32.0 Å². The summed E-state index contributed by atoms with van der Waals surface area (Å²) < 4.78 is 0. The first-order valence-electron chi connectivity index (χ1n) is 2.92. The molecule has 0 fully saturated rings. The Morgan fingerprint density at radius 2 is 2.44 bits per heavy atom. The lowest BCUT2D eigenvalue weighted by Gasteiger charge is -1.87. The van der Waals surface area contributed by atoms with Crippen LogP contribution in [0, 0.1) is 0 Å².